The summed E-state index contributed by atoms with van der Waals surface area (Å²) in [5.41, 5.74) is 1.80. The summed E-state index contributed by atoms with van der Waals surface area (Å²) in [5.74, 6) is 0. The van der Waals surface area contributed by atoms with Crippen molar-refractivity contribution in [3.63, 3.8) is 0 Å². The van der Waals surface area contributed by atoms with Gasteiger partial charge in [-0.3, -0.25) is 0 Å². The Bertz CT molecular complexity index is 2910. The van der Waals surface area contributed by atoms with Gasteiger partial charge >= 0.3 is 284 Å². The van der Waals surface area contributed by atoms with E-state index in [-0.39, 0.29) is 16.5 Å². The summed E-state index contributed by atoms with van der Waals surface area (Å²) < 4.78 is 1.74. The first-order valence-corrected chi connectivity index (χ1v) is 27.2. The van der Waals surface area contributed by atoms with E-state index in [0.717, 1.165) is 28.9 Å². The summed E-state index contributed by atoms with van der Waals surface area (Å²) in [4.78, 5) is 6.17. The summed E-state index contributed by atoms with van der Waals surface area (Å²) in [6.45, 7) is -4.76. The first-order chi connectivity index (χ1) is 23.5. The molecule has 1 spiro atoms. The maximum Gasteiger partial charge on any atom is 0 e. The van der Waals surface area contributed by atoms with Crippen LogP contribution in [0.15, 0.2) is 164 Å². The van der Waals surface area contributed by atoms with Gasteiger partial charge in [0.05, 0.1) is 0 Å². The van der Waals surface area contributed by atoms with Gasteiger partial charge in [0, 0.05) is 16.5 Å². The van der Waals surface area contributed by atoms with Gasteiger partial charge in [-0.25, -0.2) is 0 Å². The van der Waals surface area contributed by atoms with Crippen molar-refractivity contribution in [3.8, 4) is 0 Å². The maximum absolute atomic E-state index is 5.13. The molecule has 0 radical (unpaired) electrons. The zero-order valence-corrected chi connectivity index (χ0v) is 32.0. The molecule has 0 aromatic heterocycles. The van der Waals surface area contributed by atoms with Gasteiger partial charge in [0.2, 0.25) is 0 Å². The first kappa shape index (κ1) is 26.7. The molecule has 9 unspecified atom stereocenters. The maximum atomic E-state index is 5.13. The number of benzene rings is 6. The van der Waals surface area contributed by atoms with Crippen LogP contribution >= 0.6 is 31.8 Å². The van der Waals surface area contributed by atoms with Crippen molar-refractivity contribution < 1.29 is 23.0 Å². The third-order valence-electron chi connectivity index (χ3n) is 21.7. The van der Waals surface area contributed by atoms with Crippen LogP contribution in [0.4, 0.5) is 0 Å². The molecule has 0 bridgehead atoms. The third kappa shape index (κ3) is 0.772. The van der Waals surface area contributed by atoms with Crippen LogP contribution < -0.4 is 21.2 Å². The zero-order valence-electron chi connectivity index (χ0n) is 26.5. The van der Waals surface area contributed by atoms with E-state index in [2.05, 4.69) is 164 Å². The minimum atomic E-state index is -4.76. The minimum absolute atomic E-state index is 0. The van der Waals surface area contributed by atoms with E-state index in [1.54, 1.807) is 32.2 Å². The van der Waals surface area contributed by atoms with E-state index < -0.39 is 22.4 Å². The molecule has 10 saturated heterocycles. The van der Waals surface area contributed by atoms with Gasteiger partial charge < -0.3 is 0 Å². The van der Waals surface area contributed by atoms with Gasteiger partial charge in [-0.2, -0.15) is 0 Å². The Morgan fingerprint density at radius 2 is 0.918 bits per heavy atom. The molecule has 10 aliphatic heterocycles. The zero-order chi connectivity index (χ0) is 31.1. The van der Waals surface area contributed by atoms with E-state index in [0.29, 0.717) is 15.6 Å². The Morgan fingerprint density at radius 3 is 1.41 bits per heavy atom. The van der Waals surface area contributed by atoms with Gasteiger partial charge in [-0.15, -0.1) is 0 Å². The normalized spacial score (nSPS) is 53.4. The SMILES string of the molecule is Br[C]12[CH]3[CH]4[C]5(P(c6ccccc6)c6ccccc6)[C]1(c1cccc6ccccc16)[Fe]34251678[CH]2[CH]1[CH]6[C]7(P(c1ccccc1)c1ccccc1)[CH]28.[Ni]. The molecular weight excluding hydrogens is 785 g/mol. The largest absolute Gasteiger partial charge is 0 e. The fourth-order valence-corrected chi connectivity index (χ4v) is 144. The minimum Gasteiger partial charge on any atom is 0 e. The van der Waals surface area contributed by atoms with Crippen LogP contribution in [0.1, 0.15) is 5.56 Å². The molecule has 0 aliphatic carbocycles. The van der Waals surface area contributed by atoms with Crippen LogP contribution in [0.5, 0.6) is 0 Å². The molecule has 6 aromatic carbocycles. The van der Waals surface area contributed by atoms with Crippen molar-refractivity contribution in [1.29, 1.82) is 0 Å². The molecule has 49 heavy (non-hydrogen) atoms. The second kappa shape index (κ2) is 4.80. The Balaban J connectivity index is 0.00000248. The molecule has 5 heteroatoms. The second-order valence-electron chi connectivity index (χ2n) is 18.3. The van der Waals surface area contributed by atoms with Gasteiger partial charge in [-0.05, 0) is 0 Å². The number of rotatable bonds is 7. The van der Waals surface area contributed by atoms with Crippen LogP contribution in [0, 0.1) is 0 Å². The van der Waals surface area contributed by atoms with Crippen molar-refractivity contribution in [2.24, 2.45) is 0 Å². The Hall–Kier alpha value is -2.07. The van der Waals surface area contributed by atoms with Crippen molar-refractivity contribution in [1.82, 2.24) is 0 Å². The summed E-state index contributed by atoms with van der Waals surface area (Å²) in [5, 5.41) is 9.65. The average Bonchev–Trinajstić information content (AvgIpc) is 4.12. The van der Waals surface area contributed by atoms with Crippen molar-refractivity contribution >= 4 is 63.8 Å². The van der Waals surface area contributed by atoms with E-state index in [1.807, 2.05) is 0 Å². The second-order valence-corrected chi connectivity index (χ2v) is 48.4. The molecule has 6 aromatic rings. The summed E-state index contributed by atoms with van der Waals surface area (Å²) in [6.07, 6.45) is 0. The smallest absolute Gasteiger partial charge is 0 e. The van der Waals surface area contributed by atoms with E-state index in [4.69, 9.17) is 15.9 Å². The van der Waals surface area contributed by atoms with Crippen molar-refractivity contribution in [2.45, 2.75) is 44.5 Å². The fourth-order valence-electron chi connectivity index (χ4n) is 23.6. The third-order valence-corrected chi connectivity index (χ3v) is 85.9. The number of fused-ring (bicyclic) bond motifs is 11. The van der Waals surface area contributed by atoms with Crippen LogP contribution in [0.3, 0.4) is 0 Å². The van der Waals surface area contributed by atoms with Crippen molar-refractivity contribution in [2.75, 3.05) is 0 Å². The van der Waals surface area contributed by atoms with Crippen LogP contribution in [0.25, 0.3) is 10.8 Å². The fraction of sp³-hybridized carbons (Fsp3) is 0.227. The van der Waals surface area contributed by atoms with Crippen LogP contribution in [-0.4, -0.2) is 11.3 Å². The summed E-state index contributed by atoms with van der Waals surface area (Å²) >= 11 is 5.13. The molecule has 10 aliphatic rings. The molecule has 10 heterocycles. The quantitative estimate of drug-likeness (QED) is 0.0856. The topological polar surface area (TPSA) is 0 Å². The van der Waals surface area contributed by atoms with Gasteiger partial charge in [0.25, 0.3) is 0 Å². The molecule has 244 valence electrons. The molecule has 10 fully saturated rings. The van der Waals surface area contributed by atoms with E-state index in [1.165, 1.54) is 5.39 Å². The Kier molecular flexibility index (Phi) is 2.61. The summed E-state index contributed by atoms with van der Waals surface area (Å²) in [7, 11) is -1.02. The van der Waals surface area contributed by atoms with E-state index in [9.17, 15) is 0 Å². The number of alkyl halides is 1. The Morgan fingerprint density at radius 1 is 0.469 bits per heavy atom. The van der Waals surface area contributed by atoms with Crippen LogP contribution in [0.2, 0.25) is 28.9 Å². The molecule has 0 saturated carbocycles. The number of hydrogen-bond acceptors (Lipinski definition) is 0. The molecule has 9 atom stereocenters. The molecule has 0 N–H and O–H groups in total. The van der Waals surface area contributed by atoms with E-state index >= 15 is 0 Å². The monoisotopic (exact) mass is 816 g/mol. The average molecular weight is 818 g/mol. The van der Waals surface area contributed by atoms with Gasteiger partial charge in [0.15, 0.2) is 0 Å². The number of halogens is 1. The Labute approximate surface area is 298 Å². The molecular formula is C44H33BrFeNiP2. The first-order valence-electron chi connectivity index (χ1n) is 17.7. The van der Waals surface area contributed by atoms with Gasteiger partial charge in [-0.1, -0.05) is 0 Å². The van der Waals surface area contributed by atoms with Crippen molar-refractivity contribution in [3.05, 3.63) is 169 Å². The molecule has 0 nitrogen and oxygen atoms in total. The molecule has 16 rings (SSSR count). The standard InChI is InChI=1S/C27H19BrP.C17H14P.Fe.Ni/c28-25-18-19-26(27(25)24-17-9-11-20-10-7-8-16-23(20)24)29(21-12-3-1-4-13-21)22-14-5-2-6-15-22;1-3-9-15(10-4-1)18(17-13-7-8-14-17)16-11-5-2-6-12-16;;/h1-19H;1-14H;;. The van der Waals surface area contributed by atoms with Gasteiger partial charge in [0.1, 0.15) is 0 Å². The van der Waals surface area contributed by atoms with Crippen LogP contribution in [-0.2, 0) is 27.3 Å². The summed E-state index contributed by atoms with van der Waals surface area (Å²) in [6, 6.07) is 65.2. The number of hydrogen-bond donors (Lipinski definition) is 0. The molecule has 0 amide bonds. The predicted molar refractivity (Wildman–Crippen MR) is 203 cm³/mol. The predicted octanol–water partition coefficient (Wildman–Crippen LogP) is 10.0.